The van der Waals surface area contributed by atoms with Crippen molar-refractivity contribution < 1.29 is 0 Å². The number of nitrogens with zero attached hydrogens (tertiary/aromatic N) is 1. The normalized spacial score (nSPS) is 18.2. The van der Waals surface area contributed by atoms with Gasteiger partial charge in [0, 0.05) is 43.6 Å². The van der Waals surface area contributed by atoms with Gasteiger partial charge >= 0.3 is 0 Å². The highest BCUT2D eigenvalue weighted by molar-refractivity contribution is 6.14. The van der Waals surface area contributed by atoms with E-state index in [2.05, 4.69) is 0 Å². The fourth-order valence-electron chi connectivity index (χ4n) is 0.806. The molecule has 0 aromatic carbocycles. The third kappa shape index (κ3) is 1.04. The summed E-state index contributed by atoms with van der Waals surface area (Å²) in [5.74, 6) is 0. The van der Waals surface area contributed by atoms with E-state index in [0.29, 0.717) is 5.71 Å². The van der Waals surface area contributed by atoms with Crippen molar-refractivity contribution in [3.05, 3.63) is 35.1 Å². The standard InChI is InChI=1S/C8H9N/c1-6-4-3-5-7(2)8(6)9/h3-5H,1-2H3. The summed E-state index contributed by atoms with van der Waals surface area (Å²) < 4.78 is 0. The molecule has 46 valence electrons. The third-order valence-electron chi connectivity index (χ3n) is 1.44. The molecule has 9 heavy (non-hydrogen) atoms. The zero-order valence-electron chi connectivity index (χ0n) is 5.68. The van der Waals surface area contributed by atoms with Crippen LogP contribution in [-0.2, 0) is 0 Å². The molecule has 0 aromatic heterocycles. The Hall–Kier alpha value is -0.980. The SMILES string of the molecule is CC1=C[CH+]C=C(C)C1=[N-]. The van der Waals surface area contributed by atoms with Crippen LogP contribution in [0.5, 0.6) is 0 Å². The van der Waals surface area contributed by atoms with E-state index in [4.69, 9.17) is 0 Å². The molecule has 0 aromatic rings. The number of hydrogen-bond acceptors (Lipinski definition) is 0. The van der Waals surface area contributed by atoms with Crippen LogP contribution in [0.1, 0.15) is 13.8 Å². The summed E-state index contributed by atoms with van der Waals surface area (Å²) >= 11 is 0. The van der Waals surface area contributed by atoms with E-state index in [1.165, 1.54) is 0 Å². The molecule has 0 radical (unpaired) electrons. The average Bonchev–Trinajstić information content (AvgIpc) is 1.83. The second-order valence-electron chi connectivity index (χ2n) is 2.24. The van der Waals surface area contributed by atoms with E-state index in [9.17, 15) is 5.41 Å². The summed E-state index contributed by atoms with van der Waals surface area (Å²) in [6.07, 6.45) is 5.72. The Morgan fingerprint density at radius 3 is 2.00 bits per heavy atom. The van der Waals surface area contributed by atoms with Gasteiger partial charge in [-0.1, -0.05) is 0 Å². The average molecular weight is 119 g/mol. The molecule has 1 nitrogen and oxygen atoms in total. The van der Waals surface area contributed by atoms with E-state index in [1.807, 2.05) is 32.4 Å². The van der Waals surface area contributed by atoms with Crippen molar-refractivity contribution in [2.45, 2.75) is 13.8 Å². The zero-order chi connectivity index (χ0) is 6.85. The molecule has 1 aliphatic carbocycles. The molecule has 1 rings (SSSR count). The third-order valence-corrected chi connectivity index (χ3v) is 1.44. The highest BCUT2D eigenvalue weighted by Crippen LogP contribution is 2.12. The van der Waals surface area contributed by atoms with Gasteiger partial charge in [-0.05, 0) is 5.71 Å². The van der Waals surface area contributed by atoms with Crippen molar-refractivity contribution in [3.63, 3.8) is 0 Å². The molecule has 0 N–H and O–H groups in total. The van der Waals surface area contributed by atoms with Gasteiger partial charge in [0.2, 0.25) is 0 Å². The number of hydrogen-bond donors (Lipinski definition) is 0. The van der Waals surface area contributed by atoms with Crippen LogP contribution >= 0.6 is 0 Å². The summed E-state index contributed by atoms with van der Waals surface area (Å²) in [5, 5.41) is 9.21. The first kappa shape index (κ1) is 6.14. The minimum atomic E-state index is 0.414. The maximum Gasteiger partial charge on any atom is 0.0492 e. The Balaban J connectivity index is 2.86. The molecule has 0 heterocycles. The van der Waals surface area contributed by atoms with Crippen molar-refractivity contribution in [1.29, 1.82) is 0 Å². The van der Waals surface area contributed by atoms with E-state index in [-0.39, 0.29) is 0 Å². The highest BCUT2D eigenvalue weighted by atomic mass is 14.4. The topological polar surface area (TPSA) is 22.3 Å². The van der Waals surface area contributed by atoms with Crippen LogP contribution in [-0.4, -0.2) is 5.71 Å². The van der Waals surface area contributed by atoms with Crippen molar-refractivity contribution in [3.8, 4) is 0 Å². The first-order valence-electron chi connectivity index (χ1n) is 2.97. The minimum absolute atomic E-state index is 0.414. The number of rotatable bonds is 0. The lowest BCUT2D eigenvalue weighted by atomic mass is 9.99. The maximum absolute atomic E-state index is 9.21. The van der Waals surface area contributed by atoms with Gasteiger partial charge in [-0.25, -0.2) is 0 Å². The van der Waals surface area contributed by atoms with E-state index >= 15 is 0 Å². The fraction of sp³-hybridized carbons (Fsp3) is 0.250. The van der Waals surface area contributed by atoms with Crippen LogP contribution in [0.3, 0.4) is 0 Å². The number of allylic oxidation sites excluding steroid dienone is 4. The molecule has 0 atom stereocenters. The second-order valence-corrected chi connectivity index (χ2v) is 2.24. The minimum Gasteiger partial charge on any atom is -0.778 e. The van der Waals surface area contributed by atoms with Gasteiger partial charge in [-0.2, -0.15) is 0 Å². The largest absolute Gasteiger partial charge is 0.778 e. The molecule has 0 aliphatic heterocycles. The molecule has 0 fully saturated rings. The quantitative estimate of drug-likeness (QED) is 0.436. The molecule has 0 saturated carbocycles. The first-order valence-corrected chi connectivity index (χ1v) is 2.97. The van der Waals surface area contributed by atoms with Crippen LogP contribution < -0.4 is 0 Å². The van der Waals surface area contributed by atoms with E-state index in [1.54, 1.807) is 0 Å². The van der Waals surface area contributed by atoms with Gasteiger partial charge in [0.15, 0.2) is 0 Å². The van der Waals surface area contributed by atoms with Crippen LogP contribution in [0, 0.1) is 6.42 Å². The smallest absolute Gasteiger partial charge is 0.0492 e. The van der Waals surface area contributed by atoms with Crippen LogP contribution in [0.15, 0.2) is 23.3 Å². The summed E-state index contributed by atoms with van der Waals surface area (Å²) in [6.45, 7) is 3.78. The lowest BCUT2D eigenvalue weighted by molar-refractivity contribution is 1.44. The molecular formula is C8H9N. The Bertz CT molecular complexity index is 177. The Morgan fingerprint density at radius 2 is 1.67 bits per heavy atom. The van der Waals surface area contributed by atoms with Gasteiger partial charge in [-0.15, -0.1) is 0 Å². The second kappa shape index (κ2) is 2.09. The Morgan fingerprint density at radius 1 is 1.22 bits per heavy atom. The molecule has 0 bridgehead atoms. The van der Waals surface area contributed by atoms with Crippen molar-refractivity contribution >= 4 is 5.71 Å². The van der Waals surface area contributed by atoms with Crippen LogP contribution in [0.2, 0.25) is 0 Å². The molecule has 0 unspecified atom stereocenters. The predicted molar refractivity (Wildman–Crippen MR) is 40.2 cm³/mol. The Kier molecular flexibility index (Phi) is 1.43. The van der Waals surface area contributed by atoms with Crippen molar-refractivity contribution in [2.75, 3.05) is 0 Å². The van der Waals surface area contributed by atoms with E-state index in [0.717, 1.165) is 11.1 Å². The predicted octanol–water partition coefficient (Wildman–Crippen LogP) is 2.11. The van der Waals surface area contributed by atoms with Gasteiger partial charge in [-0.3, -0.25) is 0 Å². The van der Waals surface area contributed by atoms with Gasteiger partial charge in [0.1, 0.15) is 0 Å². The van der Waals surface area contributed by atoms with Crippen LogP contribution in [0.25, 0.3) is 5.41 Å². The molecular weight excluding hydrogens is 110 g/mol. The van der Waals surface area contributed by atoms with Gasteiger partial charge in [0.05, 0.1) is 0 Å². The summed E-state index contributed by atoms with van der Waals surface area (Å²) in [4.78, 5) is 0. The molecule has 0 spiro atoms. The highest BCUT2D eigenvalue weighted by Gasteiger charge is 2.06. The molecule has 0 saturated heterocycles. The fourth-order valence-corrected chi connectivity index (χ4v) is 0.806. The maximum atomic E-state index is 9.21. The zero-order valence-corrected chi connectivity index (χ0v) is 5.68. The summed E-state index contributed by atoms with van der Waals surface area (Å²) in [5.41, 5.74) is 2.29. The molecule has 1 aliphatic rings. The van der Waals surface area contributed by atoms with Gasteiger partial charge < -0.3 is 5.41 Å². The van der Waals surface area contributed by atoms with Crippen LogP contribution in [0.4, 0.5) is 0 Å². The van der Waals surface area contributed by atoms with Crippen molar-refractivity contribution in [2.24, 2.45) is 0 Å². The molecule has 1 heteroatoms. The van der Waals surface area contributed by atoms with E-state index < -0.39 is 0 Å². The summed E-state index contributed by atoms with van der Waals surface area (Å²) in [6, 6.07) is 0. The van der Waals surface area contributed by atoms with Gasteiger partial charge in [0.25, 0.3) is 0 Å². The first-order chi connectivity index (χ1) is 4.22. The van der Waals surface area contributed by atoms with Crippen molar-refractivity contribution in [1.82, 2.24) is 0 Å². The lowest BCUT2D eigenvalue weighted by Gasteiger charge is -2.08. The molecule has 0 amide bonds. The Labute approximate surface area is 55.6 Å². The monoisotopic (exact) mass is 119 g/mol. The summed E-state index contributed by atoms with van der Waals surface area (Å²) in [7, 11) is 0. The lowest BCUT2D eigenvalue weighted by Crippen LogP contribution is -2.02.